The lowest BCUT2D eigenvalue weighted by molar-refractivity contribution is 0.104. The molecule has 0 saturated carbocycles. The second-order valence-corrected chi connectivity index (χ2v) is 15.0. The van der Waals surface area contributed by atoms with Crippen LogP contribution in [0, 0.1) is 0 Å². The number of aromatic nitrogens is 2. The number of aromatic hydroxyl groups is 2. The van der Waals surface area contributed by atoms with E-state index < -0.39 is 0 Å². The van der Waals surface area contributed by atoms with Gasteiger partial charge in [0.25, 0.3) is 5.56 Å². The quantitative estimate of drug-likeness (QED) is 0.101. The van der Waals surface area contributed by atoms with Crippen LogP contribution in [-0.2, 0) is 11.4 Å². The number of phenols is 2. The molecule has 3 N–H and O–H groups in total. The number of fused-ring (bicyclic) bond motifs is 8. The number of imidazole rings is 1. The van der Waals surface area contributed by atoms with Crippen LogP contribution in [0.3, 0.4) is 0 Å². The molecule has 61 heavy (non-hydrogen) atoms. The van der Waals surface area contributed by atoms with E-state index in [1.54, 1.807) is 65.1 Å². The largest absolute Gasteiger partial charge is 0.506 e. The Morgan fingerprint density at radius 2 is 1.31 bits per heavy atom. The molecule has 1 aliphatic carbocycles. The van der Waals surface area contributed by atoms with Crippen molar-refractivity contribution in [3.8, 4) is 22.6 Å². The molecule has 0 bridgehead atoms. The Kier molecular flexibility index (Phi) is 8.30. The van der Waals surface area contributed by atoms with Gasteiger partial charge in [0.2, 0.25) is 0 Å². The van der Waals surface area contributed by atoms with E-state index in [1.807, 2.05) is 78.9 Å². The molecule has 0 fully saturated rings. The zero-order valence-electron chi connectivity index (χ0n) is 31.7. The molecule has 0 aliphatic heterocycles. The van der Waals surface area contributed by atoms with Gasteiger partial charge in [0.15, 0.2) is 5.78 Å². The van der Waals surface area contributed by atoms with Crippen molar-refractivity contribution >= 4 is 94.8 Å². The first-order valence-corrected chi connectivity index (χ1v) is 19.5. The van der Waals surface area contributed by atoms with Crippen molar-refractivity contribution in [2.75, 3.05) is 5.48 Å². The highest BCUT2D eigenvalue weighted by Gasteiger charge is 2.28. The maximum Gasteiger partial charge on any atom is 0.264 e. The highest BCUT2D eigenvalue weighted by molar-refractivity contribution is 6.33. The summed E-state index contributed by atoms with van der Waals surface area (Å²) in [5.41, 5.74) is 9.08. The minimum atomic E-state index is -0.220. The topological polar surface area (TPSA) is 163 Å². The van der Waals surface area contributed by atoms with E-state index in [0.29, 0.717) is 82.4 Å². The number of azo groups is 2. The number of carbonyl (C=O) groups excluding carboxylic acids is 1. The van der Waals surface area contributed by atoms with Crippen LogP contribution in [-0.4, -0.2) is 25.4 Å². The van der Waals surface area contributed by atoms with Crippen molar-refractivity contribution in [1.82, 2.24) is 9.38 Å². The van der Waals surface area contributed by atoms with Crippen molar-refractivity contribution in [1.29, 1.82) is 0 Å². The molecule has 1 aliphatic rings. The molecule has 292 valence electrons. The summed E-state index contributed by atoms with van der Waals surface area (Å²) in [6.07, 6.45) is 0. The highest BCUT2D eigenvalue weighted by atomic mass is 35.5. The van der Waals surface area contributed by atoms with Crippen molar-refractivity contribution in [2.45, 2.75) is 6.61 Å². The van der Waals surface area contributed by atoms with Crippen LogP contribution in [0.15, 0.2) is 165 Å². The van der Waals surface area contributed by atoms with Crippen LogP contribution >= 0.6 is 11.6 Å². The van der Waals surface area contributed by atoms with Gasteiger partial charge in [0.1, 0.15) is 35.1 Å². The number of carbonyl (C=O) groups is 1. The Hall–Kier alpha value is -8.06. The first-order valence-electron chi connectivity index (χ1n) is 19.2. The lowest BCUT2D eigenvalue weighted by Gasteiger charge is -2.12. The predicted molar refractivity (Wildman–Crippen MR) is 236 cm³/mol. The fraction of sp³-hybridized carbons (Fsp3) is 0.0208. The minimum Gasteiger partial charge on any atom is -0.506 e. The van der Waals surface area contributed by atoms with E-state index in [0.717, 1.165) is 16.5 Å². The molecule has 0 amide bonds. The maximum absolute atomic E-state index is 13.9. The fourth-order valence-corrected chi connectivity index (χ4v) is 8.34. The third-order valence-electron chi connectivity index (χ3n) is 11.0. The lowest BCUT2D eigenvalue weighted by Crippen LogP contribution is -2.13. The number of nitrogens with one attached hydrogen (secondary N) is 1. The number of benzene rings is 8. The van der Waals surface area contributed by atoms with Crippen molar-refractivity contribution < 1.29 is 19.8 Å². The number of pyridine rings is 1. The number of hydrogen-bond acceptors (Lipinski definition) is 11. The number of ketones is 1. The Balaban J connectivity index is 0.885. The van der Waals surface area contributed by atoms with Gasteiger partial charge in [-0.05, 0) is 83.2 Å². The van der Waals surface area contributed by atoms with Gasteiger partial charge in [0.05, 0.1) is 33.1 Å². The van der Waals surface area contributed by atoms with Crippen molar-refractivity contribution in [3.05, 3.63) is 172 Å². The molecule has 8 aromatic carbocycles. The summed E-state index contributed by atoms with van der Waals surface area (Å²) in [5.74, 6) is -0.442. The molecule has 2 aromatic heterocycles. The molecule has 0 radical (unpaired) electrons. The van der Waals surface area contributed by atoms with Gasteiger partial charge in [-0.2, -0.15) is 10.2 Å². The second kappa shape index (κ2) is 14.1. The summed E-state index contributed by atoms with van der Waals surface area (Å²) in [4.78, 5) is 38.1. The standard InChI is InChI=1S/C48H28ClN7O5/c49-37-12-3-4-13-38(37)55-61-24-26-20-25-8-1-2-9-29(25)44(45(26)58)54-52-28-17-19-31-30-18-16-27(21-34(30)46(59)35(31)22-28)51-53-43-32-10-7-11-33-42(32)36(23-41(43)57)47-50-39-14-5-6-15-40(39)56(47)48(33)60/h1-23,55,57-58H,24H2. The van der Waals surface area contributed by atoms with E-state index in [1.165, 1.54) is 0 Å². The van der Waals surface area contributed by atoms with Gasteiger partial charge >= 0.3 is 0 Å². The molecule has 0 spiro atoms. The monoisotopic (exact) mass is 817 g/mol. The van der Waals surface area contributed by atoms with Crippen LogP contribution in [0.2, 0.25) is 5.02 Å². The number of nitrogens with zero attached hydrogens (tertiary/aromatic N) is 6. The number of hydrogen-bond donors (Lipinski definition) is 3. The molecule has 2 heterocycles. The van der Waals surface area contributed by atoms with Gasteiger partial charge in [-0.1, -0.05) is 84.4 Å². The summed E-state index contributed by atoms with van der Waals surface area (Å²) >= 11 is 6.24. The summed E-state index contributed by atoms with van der Waals surface area (Å²) in [6, 6.07) is 41.2. The Bertz CT molecular complexity index is 3620. The first-order chi connectivity index (χ1) is 29.8. The van der Waals surface area contributed by atoms with E-state index in [9.17, 15) is 19.8 Å². The molecule has 12 nitrogen and oxygen atoms in total. The van der Waals surface area contributed by atoms with E-state index in [4.69, 9.17) is 21.4 Å². The van der Waals surface area contributed by atoms with E-state index >= 15 is 0 Å². The lowest BCUT2D eigenvalue weighted by atomic mass is 10.0. The third kappa shape index (κ3) is 5.84. The third-order valence-corrected chi connectivity index (χ3v) is 11.4. The first kappa shape index (κ1) is 36.1. The summed E-state index contributed by atoms with van der Waals surface area (Å²) in [6.45, 7) is 0.00814. The average molecular weight is 818 g/mol. The van der Waals surface area contributed by atoms with Crippen LogP contribution in [0.25, 0.3) is 60.1 Å². The minimum absolute atomic E-state index is 0.00814. The normalized spacial score (nSPS) is 12.6. The van der Waals surface area contributed by atoms with Gasteiger partial charge < -0.3 is 10.2 Å². The second-order valence-electron chi connectivity index (χ2n) is 14.6. The molecule has 11 rings (SSSR count). The average Bonchev–Trinajstić information content (AvgIpc) is 3.80. The van der Waals surface area contributed by atoms with Crippen LogP contribution in [0.5, 0.6) is 11.5 Å². The van der Waals surface area contributed by atoms with Crippen molar-refractivity contribution in [2.24, 2.45) is 20.5 Å². The van der Waals surface area contributed by atoms with Gasteiger partial charge in [-0.25, -0.2) is 4.98 Å². The van der Waals surface area contributed by atoms with Crippen molar-refractivity contribution in [3.63, 3.8) is 0 Å². The number of phenolic OH excluding ortho intramolecular Hbond substituents is 2. The van der Waals surface area contributed by atoms with E-state index in [-0.39, 0.29) is 40.8 Å². The van der Waals surface area contributed by atoms with Gasteiger partial charge in [0, 0.05) is 43.6 Å². The maximum atomic E-state index is 13.9. The summed E-state index contributed by atoms with van der Waals surface area (Å²) in [5, 5.41) is 44.8. The van der Waals surface area contributed by atoms with Gasteiger partial charge in [-0.15, -0.1) is 10.2 Å². The zero-order valence-corrected chi connectivity index (χ0v) is 32.4. The summed E-state index contributed by atoms with van der Waals surface area (Å²) in [7, 11) is 0. The number of anilines is 1. The van der Waals surface area contributed by atoms with Crippen LogP contribution in [0.4, 0.5) is 28.4 Å². The Morgan fingerprint density at radius 3 is 2.10 bits per heavy atom. The van der Waals surface area contributed by atoms with Gasteiger partial charge in [-0.3, -0.25) is 24.3 Å². The summed E-state index contributed by atoms with van der Waals surface area (Å²) < 4.78 is 1.57. The number of rotatable bonds is 8. The fourth-order valence-electron chi connectivity index (χ4n) is 8.16. The molecular formula is C48H28ClN7O5. The highest BCUT2D eigenvalue weighted by Crippen LogP contribution is 2.45. The van der Waals surface area contributed by atoms with E-state index in [2.05, 4.69) is 25.9 Å². The van der Waals surface area contributed by atoms with Crippen LogP contribution in [0.1, 0.15) is 21.5 Å². The predicted octanol–water partition coefficient (Wildman–Crippen LogP) is 12.4. The molecule has 0 unspecified atom stereocenters. The molecule has 10 aromatic rings. The molecule has 0 saturated heterocycles. The Morgan fingerprint density at radius 1 is 0.639 bits per heavy atom. The molecular weight excluding hydrogens is 790 g/mol. The molecule has 13 heteroatoms. The Labute approximate surface area is 349 Å². The van der Waals surface area contributed by atoms with Crippen LogP contribution < -0.4 is 11.0 Å². The number of halogens is 1. The molecule has 0 atom stereocenters. The SMILES string of the molecule is O=C1c2cc(N=Nc3c(O)c(CONc4ccccc4Cl)cc4ccccc34)ccc2-c2ccc(N=Nc3c(O)cc4c5c3cccc5c(=O)n3c5ccccc5nc43)cc21. The number of para-hydroxylation sites is 3. The zero-order chi connectivity index (χ0) is 41.4. The smallest absolute Gasteiger partial charge is 0.264 e.